The summed E-state index contributed by atoms with van der Waals surface area (Å²) < 4.78 is 5.19. The number of nitrogens with one attached hydrogen (secondary N) is 1. The van der Waals surface area contributed by atoms with E-state index in [9.17, 15) is 9.59 Å². The van der Waals surface area contributed by atoms with Crippen molar-refractivity contribution in [1.29, 1.82) is 0 Å². The Hall–Kier alpha value is -1.78. The zero-order valence-corrected chi connectivity index (χ0v) is 12.3. The molecule has 1 N–H and O–H groups in total. The van der Waals surface area contributed by atoms with Crippen molar-refractivity contribution in [2.24, 2.45) is 0 Å². The van der Waals surface area contributed by atoms with E-state index >= 15 is 0 Å². The topological polar surface area (TPSA) is 62.6 Å². The fourth-order valence-corrected chi connectivity index (χ4v) is 2.21. The quantitative estimate of drug-likeness (QED) is 0.867. The first-order valence-corrected chi connectivity index (χ1v) is 7.13. The van der Waals surface area contributed by atoms with Crippen molar-refractivity contribution in [1.82, 2.24) is 10.2 Å². The Labute approximate surface area is 119 Å². The summed E-state index contributed by atoms with van der Waals surface area (Å²) in [7, 11) is 0. The summed E-state index contributed by atoms with van der Waals surface area (Å²) in [5, 5.41) is 2.85. The van der Waals surface area contributed by atoms with Crippen LogP contribution in [0.5, 0.6) is 0 Å². The van der Waals surface area contributed by atoms with Gasteiger partial charge in [0.05, 0.1) is 11.8 Å². The van der Waals surface area contributed by atoms with Crippen LogP contribution in [-0.4, -0.2) is 35.3 Å². The zero-order valence-electron chi connectivity index (χ0n) is 12.3. The molecule has 0 bridgehead atoms. The highest BCUT2D eigenvalue weighted by molar-refractivity contribution is 5.95. The maximum Gasteiger partial charge on any atom is 0.257 e. The lowest BCUT2D eigenvalue weighted by Crippen LogP contribution is -2.38. The van der Waals surface area contributed by atoms with Crippen molar-refractivity contribution >= 4 is 11.8 Å². The van der Waals surface area contributed by atoms with E-state index < -0.39 is 0 Å². The van der Waals surface area contributed by atoms with Gasteiger partial charge in [-0.3, -0.25) is 9.59 Å². The molecule has 1 aliphatic carbocycles. The Balaban J connectivity index is 1.96. The fraction of sp³-hybridized carbons (Fsp3) is 0.600. The third-order valence-electron chi connectivity index (χ3n) is 3.37. The number of hydrogen-bond acceptors (Lipinski definition) is 3. The largest absolute Gasteiger partial charge is 0.469 e. The Morgan fingerprint density at radius 2 is 2.15 bits per heavy atom. The summed E-state index contributed by atoms with van der Waals surface area (Å²) in [5.74, 6) is 0.589. The molecule has 0 unspecified atom stereocenters. The molecule has 2 amide bonds. The monoisotopic (exact) mass is 278 g/mol. The van der Waals surface area contributed by atoms with Crippen LogP contribution in [0.1, 0.15) is 49.2 Å². The van der Waals surface area contributed by atoms with Crippen LogP contribution < -0.4 is 5.32 Å². The van der Waals surface area contributed by atoms with Gasteiger partial charge in [0.15, 0.2) is 0 Å². The van der Waals surface area contributed by atoms with E-state index in [2.05, 4.69) is 5.32 Å². The van der Waals surface area contributed by atoms with E-state index in [4.69, 9.17) is 4.42 Å². The maximum atomic E-state index is 12.5. The minimum atomic E-state index is -0.0314. The van der Waals surface area contributed by atoms with Gasteiger partial charge in [-0.2, -0.15) is 0 Å². The number of nitrogens with zero attached hydrogens (tertiary/aromatic N) is 1. The minimum absolute atomic E-state index is 0.0117. The molecule has 0 spiro atoms. The Morgan fingerprint density at radius 1 is 1.45 bits per heavy atom. The van der Waals surface area contributed by atoms with Crippen LogP contribution >= 0.6 is 0 Å². The summed E-state index contributed by atoms with van der Waals surface area (Å²) in [6, 6.07) is 2.11. The van der Waals surface area contributed by atoms with Crippen LogP contribution in [0.25, 0.3) is 0 Å². The lowest BCUT2D eigenvalue weighted by atomic mass is 10.2. The first kappa shape index (κ1) is 14.6. The number of rotatable bonds is 6. The molecule has 1 aromatic rings. The molecule has 0 atom stereocenters. The number of carbonyl (C=O) groups is 2. The van der Waals surface area contributed by atoms with Gasteiger partial charge in [-0.1, -0.05) is 0 Å². The van der Waals surface area contributed by atoms with Crippen LogP contribution in [0.2, 0.25) is 0 Å². The molecule has 5 nitrogen and oxygen atoms in total. The van der Waals surface area contributed by atoms with Crippen LogP contribution in [0.15, 0.2) is 16.7 Å². The van der Waals surface area contributed by atoms with E-state index in [1.54, 1.807) is 17.9 Å². The summed E-state index contributed by atoms with van der Waals surface area (Å²) in [5.41, 5.74) is 0.598. The van der Waals surface area contributed by atoms with Crippen molar-refractivity contribution in [3.05, 3.63) is 23.7 Å². The van der Waals surface area contributed by atoms with E-state index in [1.165, 1.54) is 6.26 Å². The first-order chi connectivity index (χ1) is 9.49. The predicted octanol–water partition coefficient (Wildman–Crippen LogP) is 2.11. The van der Waals surface area contributed by atoms with Crippen LogP contribution in [0, 0.1) is 6.92 Å². The Morgan fingerprint density at radius 3 is 2.65 bits per heavy atom. The second kappa shape index (κ2) is 6.11. The van der Waals surface area contributed by atoms with E-state index in [0.29, 0.717) is 24.3 Å². The summed E-state index contributed by atoms with van der Waals surface area (Å²) in [6.45, 7) is 6.10. The number of carbonyl (C=O) groups excluding carboxylic acids is 2. The maximum absolute atomic E-state index is 12.5. The molecular weight excluding hydrogens is 256 g/mol. The standard InChI is InChI=1S/C15H22N2O3/c1-10(2)16-14(18)6-8-17(12-4-5-12)15(19)13-7-9-20-11(13)3/h7,9-10,12H,4-6,8H2,1-3H3,(H,16,18). The first-order valence-electron chi connectivity index (χ1n) is 7.13. The molecule has 0 saturated heterocycles. The van der Waals surface area contributed by atoms with Gasteiger partial charge in [0.25, 0.3) is 5.91 Å². The highest BCUT2D eigenvalue weighted by atomic mass is 16.3. The molecule has 1 aromatic heterocycles. The molecule has 20 heavy (non-hydrogen) atoms. The van der Waals surface area contributed by atoms with E-state index in [-0.39, 0.29) is 23.9 Å². The van der Waals surface area contributed by atoms with E-state index in [1.807, 2.05) is 13.8 Å². The fourth-order valence-electron chi connectivity index (χ4n) is 2.21. The van der Waals surface area contributed by atoms with Crippen molar-refractivity contribution in [3.8, 4) is 0 Å². The molecular formula is C15H22N2O3. The number of hydrogen-bond donors (Lipinski definition) is 1. The summed E-state index contributed by atoms with van der Waals surface area (Å²) >= 11 is 0. The summed E-state index contributed by atoms with van der Waals surface area (Å²) in [6.07, 6.45) is 3.92. The average molecular weight is 278 g/mol. The van der Waals surface area contributed by atoms with Gasteiger partial charge in [0, 0.05) is 25.0 Å². The van der Waals surface area contributed by atoms with Crippen LogP contribution in [-0.2, 0) is 4.79 Å². The highest BCUT2D eigenvalue weighted by Crippen LogP contribution is 2.29. The molecule has 1 heterocycles. The SMILES string of the molecule is Cc1occc1C(=O)N(CCC(=O)NC(C)C)C1CC1. The van der Waals surface area contributed by atoms with Crippen LogP contribution in [0.4, 0.5) is 0 Å². The lowest BCUT2D eigenvalue weighted by molar-refractivity contribution is -0.121. The molecule has 5 heteroatoms. The second-order valence-electron chi connectivity index (χ2n) is 5.59. The van der Waals surface area contributed by atoms with Gasteiger partial charge in [-0.25, -0.2) is 0 Å². The highest BCUT2D eigenvalue weighted by Gasteiger charge is 2.34. The molecule has 2 rings (SSSR count). The molecule has 0 radical (unpaired) electrons. The number of furan rings is 1. The molecule has 1 saturated carbocycles. The molecule has 0 aliphatic heterocycles. The van der Waals surface area contributed by atoms with Crippen molar-refractivity contribution < 1.29 is 14.0 Å². The van der Waals surface area contributed by atoms with Gasteiger partial charge in [-0.05, 0) is 39.7 Å². The van der Waals surface area contributed by atoms with Crippen LogP contribution in [0.3, 0.4) is 0 Å². The predicted molar refractivity (Wildman–Crippen MR) is 75.4 cm³/mol. The zero-order chi connectivity index (χ0) is 14.7. The van der Waals surface area contributed by atoms with Gasteiger partial charge in [0.1, 0.15) is 5.76 Å². The van der Waals surface area contributed by atoms with Crippen molar-refractivity contribution in [3.63, 3.8) is 0 Å². The second-order valence-corrected chi connectivity index (χ2v) is 5.59. The normalized spacial score (nSPS) is 14.4. The lowest BCUT2D eigenvalue weighted by Gasteiger charge is -2.22. The molecule has 0 aromatic carbocycles. The molecule has 110 valence electrons. The Kier molecular flexibility index (Phi) is 4.47. The third-order valence-corrected chi connectivity index (χ3v) is 3.37. The Bertz CT molecular complexity index is 489. The van der Waals surface area contributed by atoms with Gasteiger partial charge >= 0.3 is 0 Å². The third kappa shape index (κ3) is 3.62. The number of amides is 2. The van der Waals surface area contributed by atoms with Gasteiger partial charge in [-0.15, -0.1) is 0 Å². The number of aryl methyl sites for hydroxylation is 1. The average Bonchev–Trinajstić information content (AvgIpc) is 3.10. The van der Waals surface area contributed by atoms with Crippen molar-refractivity contribution in [2.45, 2.75) is 52.1 Å². The van der Waals surface area contributed by atoms with E-state index in [0.717, 1.165) is 12.8 Å². The summed E-state index contributed by atoms with van der Waals surface area (Å²) in [4.78, 5) is 26.0. The minimum Gasteiger partial charge on any atom is -0.469 e. The van der Waals surface area contributed by atoms with Gasteiger partial charge < -0.3 is 14.6 Å². The molecule has 1 fully saturated rings. The smallest absolute Gasteiger partial charge is 0.257 e. The van der Waals surface area contributed by atoms with Crippen molar-refractivity contribution in [2.75, 3.05) is 6.54 Å². The van der Waals surface area contributed by atoms with Gasteiger partial charge in [0.2, 0.25) is 5.91 Å². The molecule has 1 aliphatic rings.